The minimum absolute atomic E-state index is 0.215. The summed E-state index contributed by atoms with van der Waals surface area (Å²) in [6, 6.07) is 20.5. The molecule has 0 aromatic heterocycles. The number of fused-ring (bicyclic) bond motifs is 5. The Hall–Kier alpha value is -1.79. The summed E-state index contributed by atoms with van der Waals surface area (Å²) in [4.78, 5) is 0. The van der Waals surface area contributed by atoms with Gasteiger partial charge in [-0.2, -0.15) is 0 Å². The van der Waals surface area contributed by atoms with Crippen LogP contribution in [0.2, 0.25) is 5.02 Å². The van der Waals surface area contributed by atoms with Crippen molar-refractivity contribution in [2.45, 2.75) is 37.5 Å². The van der Waals surface area contributed by atoms with Gasteiger partial charge in [0.1, 0.15) is 0 Å². The zero-order valence-corrected chi connectivity index (χ0v) is 16.2. The van der Waals surface area contributed by atoms with Crippen LogP contribution in [0.15, 0.2) is 54.6 Å². The van der Waals surface area contributed by atoms with Crippen LogP contribution in [0.4, 0.5) is 0 Å². The number of hydrogen-bond acceptors (Lipinski definition) is 0. The fraction of sp³-hybridized carbons (Fsp3) is 0.385. The maximum absolute atomic E-state index is 6.58. The number of benzene rings is 3. The molecule has 1 heteroatoms. The summed E-state index contributed by atoms with van der Waals surface area (Å²) in [5.74, 6) is 3.55. The van der Waals surface area contributed by atoms with Gasteiger partial charge in [0.05, 0.1) is 0 Å². The van der Waals surface area contributed by atoms with Crippen LogP contribution in [0.25, 0.3) is 21.9 Å². The normalized spacial score (nSPS) is 35.0. The number of rotatable bonds is 0. The molecule has 4 fully saturated rings. The van der Waals surface area contributed by atoms with Crippen LogP contribution < -0.4 is 0 Å². The van der Waals surface area contributed by atoms with Crippen LogP contribution >= 0.6 is 11.6 Å². The van der Waals surface area contributed by atoms with E-state index in [2.05, 4.69) is 54.6 Å². The van der Waals surface area contributed by atoms with Crippen molar-refractivity contribution in [1.29, 1.82) is 0 Å². The highest BCUT2D eigenvalue weighted by Crippen LogP contribution is 2.69. The van der Waals surface area contributed by atoms with E-state index < -0.39 is 0 Å². The molecule has 4 saturated carbocycles. The van der Waals surface area contributed by atoms with E-state index in [1.165, 1.54) is 54.0 Å². The van der Waals surface area contributed by atoms with Gasteiger partial charge < -0.3 is 0 Å². The van der Waals surface area contributed by atoms with Gasteiger partial charge in [-0.05, 0) is 101 Å². The first-order valence-corrected chi connectivity index (χ1v) is 11.0. The largest absolute Gasteiger partial charge is 0.0843 e. The summed E-state index contributed by atoms with van der Waals surface area (Å²) < 4.78 is 0. The molecule has 0 atom stereocenters. The Morgan fingerprint density at radius 2 is 1.48 bits per heavy atom. The lowest BCUT2D eigenvalue weighted by atomic mass is 9.43. The monoisotopic (exact) mass is 370 g/mol. The van der Waals surface area contributed by atoms with Gasteiger partial charge in [-0.1, -0.05) is 54.1 Å². The summed E-state index contributed by atoms with van der Waals surface area (Å²) in [6.07, 6.45) is 7.18. The lowest BCUT2D eigenvalue weighted by molar-refractivity contribution is -0.0399. The van der Waals surface area contributed by atoms with E-state index >= 15 is 0 Å². The van der Waals surface area contributed by atoms with Gasteiger partial charge in [-0.25, -0.2) is 0 Å². The zero-order valence-electron chi connectivity index (χ0n) is 15.4. The molecule has 5 aliphatic carbocycles. The van der Waals surface area contributed by atoms with Crippen LogP contribution in [0, 0.1) is 23.7 Å². The average Bonchev–Trinajstić information content (AvgIpc) is 2.96. The molecular weight excluding hydrogens is 348 g/mol. The molecule has 3 aromatic carbocycles. The van der Waals surface area contributed by atoms with Crippen LogP contribution in [0.3, 0.4) is 0 Å². The first kappa shape index (κ1) is 15.2. The maximum Gasteiger partial charge on any atom is 0.0409 e. The second kappa shape index (κ2) is 4.97. The van der Waals surface area contributed by atoms with E-state index in [1.807, 2.05) is 0 Å². The first-order valence-electron chi connectivity index (χ1n) is 10.6. The Morgan fingerprint density at radius 1 is 0.741 bits per heavy atom. The Morgan fingerprint density at radius 3 is 2.26 bits per heavy atom. The smallest absolute Gasteiger partial charge is 0.0409 e. The van der Waals surface area contributed by atoms with Crippen LogP contribution in [0.5, 0.6) is 0 Å². The Balaban J connectivity index is 1.62. The SMILES string of the molecule is Clc1ccc2c(c1)C1(c3ccc4ccccc4c3-2)C2CC3CC(C2)CC1C3. The van der Waals surface area contributed by atoms with Crippen molar-refractivity contribution in [3.63, 3.8) is 0 Å². The lowest BCUT2D eigenvalue weighted by Gasteiger charge is -2.61. The molecular formula is C26H23Cl. The van der Waals surface area contributed by atoms with E-state index in [-0.39, 0.29) is 5.41 Å². The molecule has 4 bridgehead atoms. The molecule has 134 valence electrons. The third-order valence-corrected chi connectivity index (χ3v) is 8.73. The lowest BCUT2D eigenvalue weighted by Crippen LogP contribution is -2.55. The fourth-order valence-corrected chi connectivity index (χ4v) is 8.11. The molecule has 0 radical (unpaired) electrons. The van der Waals surface area contributed by atoms with Crippen molar-refractivity contribution >= 4 is 22.4 Å². The molecule has 0 saturated heterocycles. The van der Waals surface area contributed by atoms with Crippen LogP contribution in [-0.2, 0) is 5.41 Å². The Labute approximate surface area is 165 Å². The summed E-state index contributed by atoms with van der Waals surface area (Å²) in [7, 11) is 0. The van der Waals surface area contributed by atoms with Crippen molar-refractivity contribution in [2.75, 3.05) is 0 Å². The molecule has 8 rings (SSSR count). The highest BCUT2D eigenvalue weighted by Gasteiger charge is 2.61. The van der Waals surface area contributed by atoms with Gasteiger partial charge in [-0.15, -0.1) is 0 Å². The molecule has 0 unspecified atom stereocenters. The van der Waals surface area contributed by atoms with E-state index in [1.54, 1.807) is 11.1 Å². The van der Waals surface area contributed by atoms with E-state index in [4.69, 9.17) is 11.6 Å². The quantitative estimate of drug-likeness (QED) is 0.392. The Bertz CT molecular complexity index is 1080. The molecule has 0 heterocycles. The van der Waals surface area contributed by atoms with Crippen molar-refractivity contribution in [2.24, 2.45) is 23.7 Å². The third-order valence-electron chi connectivity index (χ3n) is 8.50. The van der Waals surface area contributed by atoms with Crippen LogP contribution in [0.1, 0.15) is 43.2 Å². The van der Waals surface area contributed by atoms with Gasteiger partial charge in [0.15, 0.2) is 0 Å². The second-order valence-electron chi connectivity index (χ2n) is 9.57. The van der Waals surface area contributed by atoms with E-state index in [0.717, 1.165) is 28.7 Å². The topological polar surface area (TPSA) is 0 Å². The molecule has 0 nitrogen and oxygen atoms in total. The Kier molecular flexibility index (Phi) is 2.79. The maximum atomic E-state index is 6.58. The predicted molar refractivity (Wildman–Crippen MR) is 112 cm³/mol. The average molecular weight is 371 g/mol. The molecule has 0 aliphatic heterocycles. The van der Waals surface area contributed by atoms with Gasteiger partial charge in [0.2, 0.25) is 0 Å². The molecule has 1 spiro atoms. The summed E-state index contributed by atoms with van der Waals surface area (Å²) >= 11 is 6.58. The molecule has 0 amide bonds. The molecule has 3 aromatic rings. The van der Waals surface area contributed by atoms with Crippen LogP contribution in [-0.4, -0.2) is 0 Å². The number of halogens is 1. The summed E-state index contributed by atoms with van der Waals surface area (Å²) in [5, 5.41) is 3.68. The highest BCUT2D eigenvalue weighted by atomic mass is 35.5. The van der Waals surface area contributed by atoms with Gasteiger partial charge >= 0.3 is 0 Å². The zero-order chi connectivity index (χ0) is 17.8. The van der Waals surface area contributed by atoms with Crippen molar-refractivity contribution in [3.8, 4) is 11.1 Å². The summed E-state index contributed by atoms with van der Waals surface area (Å²) in [5.41, 5.74) is 6.35. The number of hydrogen-bond donors (Lipinski definition) is 0. The summed E-state index contributed by atoms with van der Waals surface area (Å²) in [6.45, 7) is 0. The van der Waals surface area contributed by atoms with Gasteiger partial charge in [0.25, 0.3) is 0 Å². The predicted octanol–water partition coefficient (Wildman–Crippen LogP) is 7.22. The van der Waals surface area contributed by atoms with Crippen molar-refractivity contribution in [1.82, 2.24) is 0 Å². The molecule has 0 N–H and O–H groups in total. The minimum Gasteiger partial charge on any atom is -0.0843 e. The fourth-order valence-electron chi connectivity index (χ4n) is 7.94. The third kappa shape index (κ3) is 1.72. The van der Waals surface area contributed by atoms with E-state index in [0.29, 0.717) is 0 Å². The highest BCUT2D eigenvalue weighted by molar-refractivity contribution is 6.30. The first-order chi connectivity index (χ1) is 13.2. The van der Waals surface area contributed by atoms with Crippen molar-refractivity contribution < 1.29 is 0 Å². The van der Waals surface area contributed by atoms with Crippen molar-refractivity contribution in [3.05, 3.63) is 70.7 Å². The minimum atomic E-state index is 0.215. The molecule has 27 heavy (non-hydrogen) atoms. The second-order valence-corrected chi connectivity index (χ2v) is 10.0. The van der Waals surface area contributed by atoms with Gasteiger partial charge in [-0.3, -0.25) is 0 Å². The molecule has 5 aliphatic rings. The standard InChI is InChI=1S/C26H23Cl/c27-20-6-7-22-24(14-20)26(18-10-15-9-16(12-18)13-19(26)11-15)23-8-5-17-3-1-2-4-21(17)25(22)23/h1-8,14-16,18-19H,9-13H2. The van der Waals surface area contributed by atoms with Gasteiger partial charge in [0, 0.05) is 10.4 Å². The van der Waals surface area contributed by atoms with E-state index in [9.17, 15) is 0 Å².